The number of primary amides is 1. The molecule has 0 fully saturated rings. The average Bonchev–Trinajstić information content (AvgIpc) is 2.68. The molecule has 4 amide bonds. The van der Waals surface area contributed by atoms with Crippen molar-refractivity contribution < 1.29 is 23.9 Å². The molecule has 9 heteroatoms. The minimum atomic E-state index is -0.902. The zero-order valence-corrected chi connectivity index (χ0v) is 16.4. The number of benzene rings is 1. The third kappa shape index (κ3) is 8.07. The third-order valence-electron chi connectivity index (χ3n) is 4.19. The van der Waals surface area contributed by atoms with Gasteiger partial charge in [-0.05, 0) is 18.4 Å². The van der Waals surface area contributed by atoms with Crippen molar-refractivity contribution in [1.82, 2.24) is 16.0 Å². The van der Waals surface area contributed by atoms with Gasteiger partial charge in [0.05, 0.1) is 0 Å². The highest BCUT2D eigenvalue weighted by atomic mass is 16.5. The highest BCUT2D eigenvalue weighted by Gasteiger charge is 2.26. The molecule has 1 aromatic rings. The minimum Gasteiger partial charge on any atom is -0.445 e. The fourth-order valence-corrected chi connectivity index (χ4v) is 2.29. The van der Waals surface area contributed by atoms with Crippen molar-refractivity contribution in [3.8, 4) is 0 Å². The Hall–Kier alpha value is -3.10. The monoisotopic (exact) mass is 392 g/mol. The molecule has 1 rings (SSSR count). The number of rotatable bonds is 10. The minimum absolute atomic E-state index is 0.0806. The zero-order valence-electron chi connectivity index (χ0n) is 16.4. The molecular formula is C19H28N4O5. The normalized spacial score (nSPS) is 13.5. The van der Waals surface area contributed by atoms with Gasteiger partial charge in [0, 0.05) is 0 Å². The topological polar surface area (TPSA) is 140 Å². The number of nitrogens with one attached hydrogen (secondary N) is 3. The molecule has 3 atom stereocenters. The quantitative estimate of drug-likeness (QED) is 0.457. The molecule has 1 aromatic carbocycles. The van der Waals surface area contributed by atoms with E-state index in [2.05, 4.69) is 16.0 Å². The molecule has 5 N–H and O–H groups in total. The molecule has 154 valence electrons. The summed E-state index contributed by atoms with van der Waals surface area (Å²) in [5.74, 6) is -1.88. The number of hydrogen-bond acceptors (Lipinski definition) is 5. The maximum absolute atomic E-state index is 12.2. The van der Waals surface area contributed by atoms with Crippen molar-refractivity contribution in [2.24, 2.45) is 11.7 Å². The van der Waals surface area contributed by atoms with Crippen LogP contribution >= 0.6 is 0 Å². The lowest BCUT2D eigenvalue weighted by molar-refractivity contribution is -0.131. The summed E-state index contributed by atoms with van der Waals surface area (Å²) in [4.78, 5) is 47.2. The van der Waals surface area contributed by atoms with Gasteiger partial charge in [-0.3, -0.25) is 14.4 Å². The van der Waals surface area contributed by atoms with Gasteiger partial charge in [-0.2, -0.15) is 0 Å². The van der Waals surface area contributed by atoms with Gasteiger partial charge in [0.15, 0.2) is 0 Å². The number of hydrogen-bond donors (Lipinski definition) is 4. The number of nitrogens with two attached hydrogens (primary N) is 1. The highest BCUT2D eigenvalue weighted by molar-refractivity contribution is 5.92. The fourth-order valence-electron chi connectivity index (χ4n) is 2.29. The lowest BCUT2D eigenvalue weighted by atomic mass is 9.98. The predicted molar refractivity (Wildman–Crippen MR) is 103 cm³/mol. The van der Waals surface area contributed by atoms with Gasteiger partial charge in [0.2, 0.25) is 17.7 Å². The molecule has 0 saturated carbocycles. The summed E-state index contributed by atoms with van der Waals surface area (Å²) in [6, 6.07) is 7.38. The van der Waals surface area contributed by atoms with Gasteiger partial charge in [-0.1, -0.05) is 50.6 Å². The van der Waals surface area contributed by atoms with Crippen LogP contribution in [0, 0.1) is 5.92 Å². The summed E-state index contributed by atoms with van der Waals surface area (Å²) >= 11 is 0. The van der Waals surface area contributed by atoms with E-state index in [0.29, 0.717) is 6.42 Å². The second kappa shape index (κ2) is 11.6. The molecule has 0 aliphatic heterocycles. The smallest absolute Gasteiger partial charge is 0.407 e. The van der Waals surface area contributed by atoms with Crippen LogP contribution in [0.15, 0.2) is 30.3 Å². The Kier molecular flexibility index (Phi) is 9.49. The summed E-state index contributed by atoms with van der Waals surface area (Å²) in [7, 11) is 0. The Morgan fingerprint density at radius 2 is 1.71 bits per heavy atom. The van der Waals surface area contributed by atoms with E-state index in [-0.39, 0.29) is 19.1 Å². The van der Waals surface area contributed by atoms with E-state index in [0.717, 1.165) is 5.56 Å². The Bertz CT molecular complexity index is 680. The van der Waals surface area contributed by atoms with Gasteiger partial charge < -0.3 is 26.4 Å². The standard InChI is InChI=1S/C19H28N4O5/c1-4-12(2)16(17(20)25)23-18(26)13(3)22-15(24)10-21-19(27)28-11-14-8-6-5-7-9-14/h5-9,12-13,16H,4,10-11H2,1-3H3,(H2,20,25)(H,21,27)(H,22,24)(H,23,26)/t12-,13+,16-/m0/s1. The van der Waals surface area contributed by atoms with Crippen LogP contribution in [-0.4, -0.2) is 42.4 Å². The summed E-state index contributed by atoms with van der Waals surface area (Å²) < 4.78 is 4.99. The van der Waals surface area contributed by atoms with Crippen molar-refractivity contribution in [2.45, 2.75) is 45.9 Å². The Morgan fingerprint density at radius 1 is 1.07 bits per heavy atom. The molecule has 0 bridgehead atoms. The summed E-state index contributed by atoms with van der Waals surface area (Å²) in [6.45, 7) is 4.87. The van der Waals surface area contributed by atoms with Gasteiger partial charge in [-0.25, -0.2) is 4.79 Å². The molecule has 0 unspecified atom stereocenters. The highest BCUT2D eigenvalue weighted by Crippen LogP contribution is 2.07. The third-order valence-corrected chi connectivity index (χ3v) is 4.19. The Labute approximate surface area is 164 Å². The lowest BCUT2D eigenvalue weighted by Crippen LogP contribution is -2.54. The van der Waals surface area contributed by atoms with Crippen molar-refractivity contribution in [2.75, 3.05) is 6.54 Å². The first-order valence-corrected chi connectivity index (χ1v) is 9.08. The number of ether oxygens (including phenoxy) is 1. The number of carbonyl (C=O) groups excluding carboxylic acids is 4. The second-order valence-electron chi connectivity index (χ2n) is 6.48. The molecule has 9 nitrogen and oxygen atoms in total. The van der Waals surface area contributed by atoms with Crippen LogP contribution < -0.4 is 21.7 Å². The van der Waals surface area contributed by atoms with Gasteiger partial charge in [-0.15, -0.1) is 0 Å². The van der Waals surface area contributed by atoms with Crippen LogP contribution in [0.25, 0.3) is 0 Å². The molecule has 28 heavy (non-hydrogen) atoms. The van der Waals surface area contributed by atoms with Gasteiger partial charge in [0.25, 0.3) is 0 Å². The van der Waals surface area contributed by atoms with Crippen LogP contribution in [-0.2, 0) is 25.7 Å². The van der Waals surface area contributed by atoms with Crippen LogP contribution in [0.2, 0.25) is 0 Å². The van der Waals surface area contributed by atoms with Crippen molar-refractivity contribution in [3.05, 3.63) is 35.9 Å². The molecule has 0 aliphatic rings. The van der Waals surface area contributed by atoms with Crippen molar-refractivity contribution in [3.63, 3.8) is 0 Å². The Morgan fingerprint density at radius 3 is 2.29 bits per heavy atom. The van der Waals surface area contributed by atoms with Crippen molar-refractivity contribution >= 4 is 23.8 Å². The largest absolute Gasteiger partial charge is 0.445 e. The van der Waals surface area contributed by atoms with E-state index in [9.17, 15) is 19.2 Å². The van der Waals surface area contributed by atoms with Gasteiger partial charge >= 0.3 is 6.09 Å². The first-order valence-electron chi connectivity index (χ1n) is 9.08. The van der Waals surface area contributed by atoms with E-state index in [1.165, 1.54) is 6.92 Å². The SMILES string of the molecule is CC[C@H](C)[C@H](NC(=O)[C@@H](C)NC(=O)CNC(=O)OCc1ccccc1)C(N)=O. The first kappa shape index (κ1) is 22.9. The number of carbonyl (C=O) groups is 4. The molecular weight excluding hydrogens is 364 g/mol. The van der Waals surface area contributed by atoms with E-state index in [1.807, 2.05) is 25.1 Å². The summed E-state index contributed by atoms with van der Waals surface area (Å²) in [6.07, 6.45) is -0.0921. The maximum Gasteiger partial charge on any atom is 0.407 e. The molecule has 0 aromatic heterocycles. The zero-order chi connectivity index (χ0) is 21.1. The molecule has 0 heterocycles. The van der Waals surface area contributed by atoms with Crippen LogP contribution in [0.5, 0.6) is 0 Å². The summed E-state index contributed by atoms with van der Waals surface area (Å²) in [5.41, 5.74) is 6.13. The first-order chi connectivity index (χ1) is 13.2. The van der Waals surface area contributed by atoms with E-state index >= 15 is 0 Å². The van der Waals surface area contributed by atoms with Crippen LogP contribution in [0.3, 0.4) is 0 Å². The average molecular weight is 392 g/mol. The van der Waals surface area contributed by atoms with E-state index in [1.54, 1.807) is 19.1 Å². The second-order valence-corrected chi connectivity index (χ2v) is 6.48. The Balaban J connectivity index is 2.37. The maximum atomic E-state index is 12.2. The predicted octanol–water partition coefficient (Wildman–Crippen LogP) is 0.434. The molecule has 0 aliphatic carbocycles. The number of amides is 4. The van der Waals surface area contributed by atoms with Crippen LogP contribution in [0.1, 0.15) is 32.8 Å². The van der Waals surface area contributed by atoms with E-state index in [4.69, 9.17) is 10.5 Å². The lowest BCUT2D eigenvalue weighted by Gasteiger charge is -2.23. The molecule has 0 saturated heterocycles. The van der Waals surface area contributed by atoms with Gasteiger partial charge in [0.1, 0.15) is 25.2 Å². The summed E-state index contributed by atoms with van der Waals surface area (Å²) in [5, 5.41) is 7.28. The van der Waals surface area contributed by atoms with Crippen molar-refractivity contribution in [1.29, 1.82) is 0 Å². The van der Waals surface area contributed by atoms with Crippen LogP contribution in [0.4, 0.5) is 4.79 Å². The van der Waals surface area contributed by atoms with E-state index < -0.39 is 35.9 Å². The molecule has 0 spiro atoms. The molecule has 0 radical (unpaired) electrons. The fraction of sp³-hybridized carbons (Fsp3) is 0.474. The number of alkyl carbamates (subject to hydrolysis) is 1.